The maximum atomic E-state index is 13.4. The monoisotopic (exact) mass is 510 g/mol. The van der Waals surface area contributed by atoms with Crippen LogP contribution in [0.3, 0.4) is 0 Å². The van der Waals surface area contributed by atoms with E-state index in [2.05, 4.69) is 20.4 Å². The summed E-state index contributed by atoms with van der Waals surface area (Å²) in [5, 5.41) is 17.1. The molecule has 3 heterocycles. The molecule has 0 radical (unpaired) electrons. The van der Waals surface area contributed by atoms with E-state index >= 15 is 0 Å². The smallest absolute Gasteiger partial charge is 0.249 e. The van der Waals surface area contributed by atoms with Gasteiger partial charge in [0.05, 0.1) is 24.5 Å². The van der Waals surface area contributed by atoms with Crippen LogP contribution in [0.4, 0.5) is 20.3 Å². The number of benzene rings is 1. The summed E-state index contributed by atoms with van der Waals surface area (Å²) in [6.45, 7) is 3.70. The van der Waals surface area contributed by atoms with Crippen LogP contribution >= 0.6 is 27.0 Å². The molecule has 0 saturated carbocycles. The van der Waals surface area contributed by atoms with Gasteiger partial charge in [0, 0.05) is 19.7 Å². The first-order chi connectivity index (χ1) is 15.2. The lowest BCUT2D eigenvalue weighted by Crippen LogP contribution is -2.52. The zero-order valence-electron chi connectivity index (χ0n) is 19.0. The third-order valence-electron chi connectivity index (χ3n) is 5.49. The van der Waals surface area contributed by atoms with Crippen molar-refractivity contribution >= 4 is 44.4 Å². The van der Waals surface area contributed by atoms with Crippen LogP contribution in [0.5, 0.6) is 0 Å². The van der Waals surface area contributed by atoms with Gasteiger partial charge in [-0.25, -0.2) is 18.7 Å². The van der Waals surface area contributed by atoms with E-state index in [1.165, 1.54) is 6.07 Å². The number of hydrogen-bond acceptors (Lipinski definition) is 6. The minimum atomic E-state index is -0.881. The van der Waals surface area contributed by atoms with E-state index in [0.29, 0.717) is 48.0 Å². The Hall–Kier alpha value is -2.70. The highest BCUT2D eigenvalue weighted by Gasteiger charge is 2.36. The molecular weight excluding hydrogens is 482 g/mol. The van der Waals surface area contributed by atoms with Crippen LogP contribution < -0.4 is 10.2 Å². The van der Waals surface area contributed by atoms with Crippen molar-refractivity contribution in [1.82, 2.24) is 19.7 Å². The molecule has 3 aromatic rings. The number of fused-ring (bicyclic) bond motifs is 1. The lowest BCUT2D eigenvalue weighted by atomic mass is 10.1. The Morgan fingerprint density at radius 3 is 2.56 bits per heavy atom. The van der Waals surface area contributed by atoms with Crippen LogP contribution in [0.15, 0.2) is 30.6 Å². The maximum Gasteiger partial charge on any atom is 0.249 e. The zero-order chi connectivity index (χ0) is 23.0. The molecule has 4 rings (SSSR count). The molecule has 34 heavy (non-hydrogen) atoms. The molecule has 2 atom stereocenters. The van der Waals surface area contributed by atoms with Gasteiger partial charge in [0.25, 0.3) is 0 Å². The number of anilines is 2. The van der Waals surface area contributed by atoms with Crippen molar-refractivity contribution in [3.05, 3.63) is 64.9 Å². The summed E-state index contributed by atoms with van der Waals surface area (Å²) >= 11 is 0. The number of carbonyl (C=O) groups is 1. The number of halogens is 2. The number of nitrogens with zero attached hydrogens (tertiary/aromatic N) is 5. The molecule has 0 saturated heterocycles. The highest BCUT2D eigenvalue weighted by Crippen LogP contribution is 2.32. The van der Waals surface area contributed by atoms with Gasteiger partial charge in [-0.15, -0.1) is 0 Å². The predicted molar refractivity (Wildman–Crippen MR) is 135 cm³/mol. The molecule has 0 spiro atoms. The minimum absolute atomic E-state index is 0. The summed E-state index contributed by atoms with van der Waals surface area (Å²) in [5.74, 6) is -0.856. The summed E-state index contributed by atoms with van der Waals surface area (Å²) in [6, 6.07) is 3.07. The third-order valence-corrected chi connectivity index (χ3v) is 5.49. The van der Waals surface area contributed by atoms with E-state index in [-0.39, 0.29) is 32.9 Å². The minimum Gasteiger partial charge on any atom is -0.391 e. The number of aryl methyl sites for hydroxylation is 3. The van der Waals surface area contributed by atoms with Crippen LogP contribution in [0.1, 0.15) is 29.6 Å². The molecule has 0 aliphatic carbocycles. The Labute approximate surface area is 210 Å². The first-order valence-corrected chi connectivity index (χ1v) is 10.3. The summed E-state index contributed by atoms with van der Waals surface area (Å²) in [5.41, 5.74) is 2.78. The number of carbonyl (C=O) groups excluding carboxylic acids is 1. The van der Waals surface area contributed by atoms with Gasteiger partial charge in [0.15, 0.2) is 17.5 Å². The van der Waals surface area contributed by atoms with Crippen molar-refractivity contribution in [3.63, 3.8) is 0 Å². The largest absolute Gasteiger partial charge is 0.391 e. The fourth-order valence-electron chi connectivity index (χ4n) is 3.88. The molecule has 0 bridgehead atoms. The Balaban J connectivity index is 0.00000204. The van der Waals surface area contributed by atoms with Crippen molar-refractivity contribution in [2.45, 2.75) is 45.4 Å². The van der Waals surface area contributed by atoms with E-state index in [0.717, 1.165) is 17.7 Å². The summed E-state index contributed by atoms with van der Waals surface area (Å²) in [6.07, 6.45) is 3.90. The second kappa shape index (κ2) is 11.2. The van der Waals surface area contributed by atoms with E-state index in [1.54, 1.807) is 36.7 Å². The summed E-state index contributed by atoms with van der Waals surface area (Å²) in [7, 11) is 1.73. The van der Waals surface area contributed by atoms with Crippen molar-refractivity contribution in [2.24, 2.45) is 0 Å². The van der Waals surface area contributed by atoms with Crippen molar-refractivity contribution in [2.75, 3.05) is 17.3 Å². The molecule has 1 aromatic carbocycles. The molecule has 1 amide bonds. The van der Waals surface area contributed by atoms with Crippen LogP contribution in [0, 0.1) is 18.6 Å². The summed E-state index contributed by atoms with van der Waals surface area (Å²) in [4.78, 5) is 23.1. The van der Waals surface area contributed by atoms with Gasteiger partial charge >= 0.3 is 0 Å². The van der Waals surface area contributed by atoms with Gasteiger partial charge < -0.3 is 15.3 Å². The number of likely N-dealkylation sites (N-methyl/N-ethyl adjacent to an activating group) is 1. The van der Waals surface area contributed by atoms with Gasteiger partial charge in [-0.2, -0.15) is 32.1 Å². The quantitative estimate of drug-likeness (QED) is 0.529. The number of rotatable bonds is 6. The molecular formula is C22H28F2N6O2S2. The van der Waals surface area contributed by atoms with E-state index in [4.69, 9.17) is 0 Å². The molecule has 2 aromatic heterocycles. The Kier molecular flexibility index (Phi) is 9.03. The number of aliphatic hydroxyl groups excluding tert-OH is 1. The molecule has 12 heteroatoms. The SMILES string of the molecule is Cc1nc(CCc2cnn(Cc3ccc(F)c(F)c3)c2)nc2c1NC(=O)[C@H]([C@H](C)O)N2C.S.S. The number of aromatic nitrogens is 4. The first-order valence-electron chi connectivity index (χ1n) is 10.3. The maximum absolute atomic E-state index is 13.4. The van der Waals surface area contributed by atoms with Crippen molar-refractivity contribution < 1.29 is 18.7 Å². The highest BCUT2D eigenvalue weighted by molar-refractivity contribution is 7.59. The second-order valence-electron chi connectivity index (χ2n) is 8.00. The predicted octanol–water partition coefficient (Wildman–Crippen LogP) is 2.46. The van der Waals surface area contributed by atoms with Gasteiger partial charge in [0.1, 0.15) is 17.6 Å². The lowest BCUT2D eigenvalue weighted by molar-refractivity contribution is -0.119. The molecule has 1 aliphatic rings. The molecule has 0 unspecified atom stereocenters. The van der Waals surface area contributed by atoms with Crippen LogP contribution in [-0.2, 0) is 24.2 Å². The van der Waals surface area contributed by atoms with Crippen LogP contribution in [0.25, 0.3) is 0 Å². The Bertz CT molecular complexity index is 1170. The van der Waals surface area contributed by atoms with Gasteiger partial charge in [-0.3, -0.25) is 9.48 Å². The van der Waals surface area contributed by atoms with E-state index in [1.807, 2.05) is 6.20 Å². The van der Waals surface area contributed by atoms with Crippen molar-refractivity contribution in [3.8, 4) is 0 Å². The van der Waals surface area contributed by atoms with Gasteiger partial charge in [-0.1, -0.05) is 6.07 Å². The fraction of sp³-hybridized carbons (Fsp3) is 0.364. The second-order valence-corrected chi connectivity index (χ2v) is 8.00. The molecule has 0 fully saturated rings. The zero-order valence-corrected chi connectivity index (χ0v) is 21.0. The van der Waals surface area contributed by atoms with E-state index in [9.17, 15) is 18.7 Å². The standard InChI is InChI=1S/C22H24F2N6O2.2H2S/c1-12-19-21(29(3)20(13(2)31)22(32)28-19)27-18(26-12)7-5-15-9-25-30(11-15)10-14-4-6-16(23)17(24)8-14;;/h4,6,8-9,11,13,20,31H,5,7,10H2,1-3H3,(H,28,32);2*1H2/t13-,20-;;/m0../s1. The molecule has 184 valence electrons. The number of nitrogens with one attached hydrogen (secondary N) is 1. The van der Waals surface area contributed by atoms with Crippen molar-refractivity contribution in [1.29, 1.82) is 0 Å². The normalized spacial score (nSPS) is 15.6. The fourth-order valence-corrected chi connectivity index (χ4v) is 3.88. The van der Waals surface area contributed by atoms with Gasteiger partial charge in [0.2, 0.25) is 5.91 Å². The topological polar surface area (TPSA) is 96.2 Å². The molecule has 8 nitrogen and oxygen atoms in total. The van der Waals surface area contributed by atoms with E-state index < -0.39 is 23.8 Å². The average Bonchev–Trinajstić information content (AvgIpc) is 3.17. The Morgan fingerprint density at radius 2 is 1.88 bits per heavy atom. The highest BCUT2D eigenvalue weighted by atomic mass is 32.1. The molecule has 1 aliphatic heterocycles. The first kappa shape index (κ1) is 27.5. The van der Waals surface area contributed by atoms with Crippen LogP contribution in [-0.4, -0.2) is 50.0 Å². The summed E-state index contributed by atoms with van der Waals surface area (Å²) < 4.78 is 28.2. The molecule has 2 N–H and O–H groups in total. The number of amides is 1. The van der Waals surface area contributed by atoms with Gasteiger partial charge in [-0.05, 0) is 43.5 Å². The lowest BCUT2D eigenvalue weighted by Gasteiger charge is -2.36. The third kappa shape index (κ3) is 5.68. The Morgan fingerprint density at radius 1 is 1.15 bits per heavy atom. The average molecular weight is 511 g/mol. The number of hydrogen-bond donors (Lipinski definition) is 2. The van der Waals surface area contributed by atoms with Crippen LogP contribution in [0.2, 0.25) is 0 Å². The number of aliphatic hydroxyl groups is 1.